The van der Waals surface area contributed by atoms with Crippen molar-refractivity contribution in [2.45, 2.75) is 64.0 Å². The number of nitrogens with one attached hydrogen (secondary N) is 1. The molecule has 0 aromatic heterocycles. The van der Waals surface area contributed by atoms with E-state index in [1.807, 2.05) is 0 Å². The van der Waals surface area contributed by atoms with Crippen LogP contribution in [0.5, 0.6) is 0 Å². The highest BCUT2D eigenvalue weighted by Gasteiger charge is 2.21. The fourth-order valence-electron chi connectivity index (χ4n) is 2.82. The van der Waals surface area contributed by atoms with Crippen LogP contribution in [-0.2, 0) is 6.42 Å². The van der Waals surface area contributed by atoms with Gasteiger partial charge in [-0.1, -0.05) is 51.0 Å². The number of aliphatic hydroxyl groups is 1. The molecule has 1 aliphatic rings. The zero-order valence-corrected chi connectivity index (χ0v) is 12.2. The van der Waals surface area contributed by atoms with Gasteiger partial charge in [0.1, 0.15) is 0 Å². The third-order valence-corrected chi connectivity index (χ3v) is 4.20. The highest BCUT2D eigenvalue weighted by Crippen LogP contribution is 2.18. The molecule has 1 aliphatic carbocycles. The minimum atomic E-state index is -0.142. The molecule has 2 atom stereocenters. The maximum atomic E-state index is 9.90. The zero-order valence-electron chi connectivity index (χ0n) is 12.2. The van der Waals surface area contributed by atoms with Gasteiger partial charge in [-0.3, -0.25) is 0 Å². The summed E-state index contributed by atoms with van der Waals surface area (Å²) in [5.41, 5.74) is 2.78. The van der Waals surface area contributed by atoms with Crippen LogP contribution in [0.4, 0.5) is 0 Å². The third-order valence-electron chi connectivity index (χ3n) is 4.20. The largest absolute Gasteiger partial charge is 0.392 e. The van der Waals surface area contributed by atoms with Gasteiger partial charge in [-0.25, -0.2) is 0 Å². The minimum absolute atomic E-state index is 0.142. The quantitative estimate of drug-likeness (QED) is 0.853. The van der Waals surface area contributed by atoms with Gasteiger partial charge in [0.25, 0.3) is 0 Å². The van der Waals surface area contributed by atoms with E-state index in [0.29, 0.717) is 12.0 Å². The fourth-order valence-corrected chi connectivity index (χ4v) is 2.82. The highest BCUT2D eigenvalue weighted by atomic mass is 16.3. The average molecular weight is 261 g/mol. The summed E-state index contributed by atoms with van der Waals surface area (Å²) in [6.45, 7) is 5.41. The van der Waals surface area contributed by atoms with Gasteiger partial charge < -0.3 is 10.4 Å². The van der Waals surface area contributed by atoms with Crippen LogP contribution in [-0.4, -0.2) is 23.8 Å². The van der Waals surface area contributed by atoms with Gasteiger partial charge in [-0.2, -0.15) is 0 Å². The molecule has 106 valence electrons. The normalized spacial score (nSPS) is 23.8. The van der Waals surface area contributed by atoms with E-state index >= 15 is 0 Å². The molecule has 0 heterocycles. The molecule has 0 radical (unpaired) electrons. The fraction of sp³-hybridized carbons (Fsp3) is 0.647. The van der Waals surface area contributed by atoms with Crippen LogP contribution in [0.1, 0.15) is 56.6 Å². The topological polar surface area (TPSA) is 32.3 Å². The molecular weight excluding hydrogens is 234 g/mol. The Kier molecular flexibility index (Phi) is 5.41. The van der Waals surface area contributed by atoms with Crippen LogP contribution < -0.4 is 5.32 Å². The number of benzene rings is 1. The van der Waals surface area contributed by atoms with Crippen molar-refractivity contribution in [2.24, 2.45) is 0 Å². The smallest absolute Gasteiger partial charge is 0.0693 e. The first-order valence-corrected chi connectivity index (χ1v) is 7.67. The molecule has 2 N–H and O–H groups in total. The minimum Gasteiger partial charge on any atom is -0.392 e. The Hall–Kier alpha value is -0.860. The van der Waals surface area contributed by atoms with Crippen molar-refractivity contribution in [3.8, 4) is 0 Å². The lowest BCUT2D eigenvalue weighted by Gasteiger charge is -2.28. The highest BCUT2D eigenvalue weighted by molar-refractivity contribution is 5.24. The molecule has 0 aliphatic heterocycles. The average Bonchev–Trinajstić information content (AvgIpc) is 2.41. The van der Waals surface area contributed by atoms with Gasteiger partial charge in [-0.15, -0.1) is 0 Å². The molecule has 0 spiro atoms. The van der Waals surface area contributed by atoms with Gasteiger partial charge in [0.2, 0.25) is 0 Å². The molecule has 2 heteroatoms. The van der Waals surface area contributed by atoms with Crippen molar-refractivity contribution >= 4 is 0 Å². The van der Waals surface area contributed by atoms with E-state index in [4.69, 9.17) is 0 Å². The molecule has 1 saturated carbocycles. The van der Waals surface area contributed by atoms with E-state index < -0.39 is 0 Å². The zero-order chi connectivity index (χ0) is 13.7. The molecule has 19 heavy (non-hydrogen) atoms. The summed E-state index contributed by atoms with van der Waals surface area (Å²) >= 11 is 0. The van der Waals surface area contributed by atoms with Crippen molar-refractivity contribution in [3.63, 3.8) is 0 Å². The van der Waals surface area contributed by atoms with Gasteiger partial charge >= 0.3 is 0 Å². The SMILES string of the molecule is CC(C)c1ccc(CCNC2CCCCC2O)cc1. The van der Waals surface area contributed by atoms with Crippen molar-refractivity contribution in [1.82, 2.24) is 5.32 Å². The Balaban J connectivity index is 1.75. The molecular formula is C17H27NO. The summed E-state index contributed by atoms with van der Waals surface area (Å²) in [6.07, 6.45) is 5.40. The van der Waals surface area contributed by atoms with E-state index in [1.165, 1.54) is 24.0 Å². The number of aliphatic hydroxyl groups excluding tert-OH is 1. The molecule has 1 aromatic rings. The molecule has 2 nitrogen and oxygen atoms in total. The van der Waals surface area contributed by atoms with Crippen molar-refractivity contribution in [2.75, 3.05) is 6.54 Å². The van der Waals surface area contributed by atoms with Crippen molar-refractivity contribution in [1.29, 1.82) is 0 Å². The van der Waals surface area contributed by atoms with E-state index in [0.717, 1.165) is 25.8 Å². The monoisotopic (exact) mass is 261 g/mol. The van der Waals surface area contributed by atoms with Crippen LogP contribution in [0.25, 0.3) is 0 Å². The molecule has 0 bridgehead atoms. The Morgan fingerprint density at radius 2 is 1.84 bits per heavy atom. The summed E-state index contributed by atoms with van der Waals surface area (Å²) in [7, 11) is 0. The Bertz CT molecular complexity index is 371. The predicted molar refractivity (Wildman–Crippen MR) is 80.5 cm³/mol. The molecule has 1 fully saturated rings. The van der Waals surface area contributed by atoms with E-state index in [-0.39, 0.29) is 6.10 Å². The van der Waals surface area contributed by atoms with Crippen molar-refractivity contribution < 1.29 is 5.11 Å². The first kappa shape index (κ1) is 14.5. The summed E-state index contributed by atoms with van der Waals surface area (Å²) < 4.78 is 0. The molecule has 0 saturated heterocycles. The van der Waals surface area contributed by atoms with Gasteiger partial charge in [0, 0.05) is 6.04 Å². The maximum absolute atomic E-state index is 9.90. The lowest BCUT2D eigenvalue weighted by atomic mass is 9.92. The third kappa shape index (κ3) is 4.32. The molecule has 0 amide bonds. The second-order valence-corrected chi connectivity index (χ2v) is 6.06. The second-order valence-electron chi connectivity index (χ2n) is 6.06. The van der Waals surface area contributed by atoms with Crippen LogP contribution in [0.2, 0.25) is 0 Å². The van der Waals surface area contributed by atoms with Gasteiger partial charge in [0.05, 0.1) is 6.10 Å². The Morgan fingerprint density at radius 3 is 2.47 bits per heavy atom. The summed E-state index contributed by atoms with van der Waals surface area (Å²) in [5.74, 6) is 0.601. The molecule has 1 aromatic carbocycles. The van der Waals surface area contributed by atoms with E-state index in [2.05, 4.69) is 43.4 Å². The first-order valence-electron chi connectivity index (χ1n) is 7.67. The predicted octanol–water partition coefficient (Wildman–Crippen LogP) is 3.25. The number of hydrogen-bond donors (Lipinski definition) is 2. The van der Waals surface area contributed by atoms with E-state index in [1.54, 1.807) is 0 Å². The lowest BCUT2D eigenvalue weighted by Crippen LogP contribution is -2.42. The molecule has 2 unspecified atom stereocenters. The molecule has 2 rings (SSSR count). The number of rotatable bonds is 5. The number of hydrogen-bond acceptors (Lipinski definition) is 2. The maximum Gasteiger partial charge on any atom is 0.0693 e. The van der Waals surface area contributed by atoms with Crippen LogP contribution in [0, 0.1) is 0 Å². The Labute approximate surface area is 117 Å². The van der Waals surface area contributed by atoms with Gasteiger partial charge in [-0.05, 0) is 42.9 Å². The summed E-state index contributed by atoms with van der Waals surface area (Å²) in [5, 5.41) is 13.4. The summed E-state index contributed by atoms with van der Waals surface area (Å²) in [6, 6.07) is 9.23. The van der Waals surface area contributed by atoms with Crippen LogP contribution >= 0.6 is 0 Å². The standard InChI is InChI=1S/C17H27NO/c1-13(2)15-9-7-14(8-10-15)11-12-18-16-5-3-4-6-17(16)19/h7-10,13,16-19H,3-6,11-12H2,1-2H3. The van der Waals surface area contributed by atoms with Crippen LogP contribution in [0.15, 0.2) is 24.3 Å². The Morgan fingerprint density at radius 1 is 1.16 bits per heavy atom. The van der Waals surface area contributed by atoms with Crippen LogP contribution in [0.3, 0.4) is 0 Å². The van der Waals surface area contributed by atoms with Gasteiger partial charge in [0.15, 0.2) is 0 Å². The summed E-state index contributed by atoms with van der Waals surface area (Å²) in [4.78, 5) is 0. The second kappa shape index (κ2) is 7.06. The van der Waals surface area contributed by atoms with Crippen molar-refractivity contribution in [3.05, 3.63) is 35.4 Å². The lowest BCUT2D eigenvalue weighted by molar-refractivity contribution is 0.0914. The van der Waals surface area contributed by atoms with E-state index in [9.17, 15) is 5.11 Å². The first-order chi connectivity index (χ1) is 9.16.